The lowest BCUT2D eigenvalue weighted by Gasteiger charge is -2.42. The van der Waals surface area contributed by atoms with Crippen molar-refractivity contribution >= 4 is 11.9 Å². The minimum absolute atomic E-state index is 0.0178. The van der Waals surface area contributed by atoms with Crippen molar-refractivity contribution in [2.75, 3.05) is 19.8 Å². The van der Waals surface area contributed by atoms with E-state index in [0.29, 0.717) is 6.54 Å². The van der Waals surface area contributed by atoms with Crippen LogP contribution < -0.4 is 5.32 Å². The second-order valence-corrected chi connectivity index (χ2v) is 6.26. The maximum atomic E-state index is 12.1. The monoisotopic (exact) mass is 319 g/mol. The van der Waals surface area contributed by atoms with Gasteiger partial charge < -0.3 is 15.2 Å². The van der Waals surface area contributed by atoms with Gasteiger partial charge in [0, 0.05) is 19.8 Å². The molecular weight excluding hydrogens is 294 g/mol. The molecular formula is C18H25NO4. The van der Waals surface area contributed by atoms with Crippen LogP contribution >= 0.6 is 0 Å². The third-order valence-corrected chi connectivity index (χ3v) is 4.62. The van der Waals surface area contributed by atoms with Gasteiger partial charge in [-0.25, -0.2) is 4.79 Å². The topological polar surface area (TPSA) is 75.6 Å². The molecule has 1 fully saturated rings. The van der Waals surface area contributed by atoms with Crippen LogP contribution in [0, 0.1) is 5.41 Å². The highest BCUT2D eigenvalue weighted by Crippen LogP contribution is 2.43. The molecule has 0 radical (unpaired) electrons. The minimum atomic E-state index is -0.956. The number of nitrogens with one attached hydrogen (secondary N) is 1. The molecule has 0 bridgehead atoms. The number of benzene rings is 1. The molecule has 2 rings (SSSR count). The van der Waals surface area contributed by atoms with Gasteiger partial charge in [-0.2, -0.15) is 0 Å². The molecule has 23 heavy (non-hydrogen) atoms. The largest absolute Gasteiger partial charge is 0.478 e. The summed E-state index contributed by atoms with van der Waals surface area (Å²) in [5.74, 6) is -0.974. The summed E-state index contributed by atoms with van der Waals surface area (Å²) in [5.41, 5.74) is 1.26. The fraction of sp³-hybridized carbons (Fsp3) is 0.556. The lowest BCUT2D eigenvalue weighted by molar-refractivity contribution is -0.121. The summed E-state index contributed by atoms with van der Waals surface area (Å²) in [6.07, 6.45) is 4.79. The first-order valence-electron chi connectivity index (χ1n) is 8.21. The molecule has 5 heteroatoms. The van der Waals surface area contributed by atoms with Crippen LogP contribution in [0.15, 0.2) is 24.3 Å². The van der Waals surface area contributed by atoms with E-state index in [9.17, 15) is 9.59 Å². The van der Waals surface area contributed by atoms with Crippen LogP contribution in [-0.2, 0) is 16.0 Å². The van der Waals surface area contributed by atoms with Crippen molar-refractivity contribution in [2.24, 2.45) is 5.41 Å². The zero-order valence-electron chi connectivity index (χ0n) is 13.6. The zero-order chi connectivity index (χ0) is 16.7. The Morgan fingerprint density at radius 2 is 1.96 bits per heavy atom. The third-order valence-electron chi connectivity index (χ3n) is 4.62. The van der Waals surface area contributed by atoms with Crippen molar-refractivity contribution in [1.29, 1.82) is 0 Å². The molecule has 126 valence electrons. The lowest BCUT2D eigenvalue weighted by Crippen LogP contribution is -2.43. The molecule has 0 heterocycles. The summed E-state index contributed by atoms with van der Waals surface area (Å²) in [5, 5.41) is 11.9. The first kappa shape index (κ1) is 17.5. The van der Waals surface area contributed by atoms with E-state index in [1.54, 1.807) is 12.1 Å². The molecule has 0 atom stereocenters. The summed E-state index contributed by atoms with van der Waals surface area (Å²) < 4.78 is 5.44. The number of carbonyl (C=O) groups is 2. The van der Waals surface area contributed by atoms with Gasteiger partial charge in [-0.1, -0.05) is 18.6 Å². The Balaban J connectivity index is 1.78. The third kappa shape index (κ3) is 5.06. The van der Waals surface area contributed by atoms with E-state index < -0.39 is 5.97 Å². The molecule has 1 amide bonds. The number of hydrogen-bond donors (Lipinski definition) is 2. The summed E-state index contributed by atoms with van der Waals surface area (Å²) in [6.45, 7) is 4.18. The Kier molecular flexibility index (Phi) is 6.16. The Labute approximate surface area is 137 Å². The van der Waals surface area contributed by atoms with Gasteiger partial charge in [0.15, 0.2) is 0 Å². The van der Waals surface area contributed by atoms with Crippen molar-refractivity contribution < 1.29 is 19.4 Å². The van der Waals surface area contributed by atoms with Crippen LogP contribution in [0.4, 0.5) is 0 Å². The van der Waals surface area contributed by atoms with Crippen LogP contribution in [-0.4, -0.2) is 36.7 Å². The molecule has 1 aromatic rings. The van der Waals surface area contributed by atoms with Gasteiger partial charge in [-0.05, 0) is 49.3 Å². The molecule has 1 aromatic carbocycles. The van der Waals surface area contributed by atoms with Crippen molar-refractivity contribution in [2.45, 2.75) is 39.0 Å². The fourth-order valence-electron chi connectivity index (χ4n) is 2.92. The quantitative estimate of drug-likeness (QED) is 0.686. The molecule has 0 aromatic heterocycles. The van der Waals surface area contributed by atoms with Gasteiger partial charge in [0.05, 0.1) is 12.0 Å². The summed E-state index contributed by atoms with van der Waals surface area (Å²) >= 11 is 0. The first-order valence-corrected chi connectivity index (χ1v) is 8.21. The standard InChI is InChI=1S/C18H25NO4/c1-2-23-11-10-18(8-3-9-18)13-19-16(20)12-14-4-6-15(7-5-14)17(21)22/h4-7H,2-3,8-13H2,1H3,(H,19,20)(H,21,22). The maximum absolute atomic E-state index is 12.1. The molecule has 2 N–H and O–H groups in total. The number of carbonyl (C=O) groups excluding carboxylic acids is 1. The van der Waals surface area contributed by atoms with Gasteiger partial charge in [0.2, 0.25) is 5.91 Å². The van der Waals surface area contributed by atoms with Crippen LogP contribution in [0.25, 0.3) is 0 Å². The van der Waals surface area contributed by atoms with E-state index in [1.165, 1.54) is 18.6 Å². The highest BCUT2D eigenvalue weighted by atomic mass is 16.5. The van der Waals surface area contributed by atoms with E-state index in [2.05, 4.69) is 5.32 Å². The molecule has 0 unspecified atom stereocenters. The number of hydrogen-bond acceptors (Lipinski definition) is 3. The number of aromatic carboxylic acids is 1. The highest BCUT2D eigenvalue weighted by molar-refractivity contribution is 5.87. The number of amides is 1. The summed E-state index contributed by atoms with van der Waals surface area (Å²) in [7, 11) is 0. The Hall–Kier alpha value is -1.88. The van der Waals surface area contributed by atoms with Crippen LogP contribution in [0.1, 0.15) is 48.5 Å². The fourth-order valence-corrected chi connectivity index (χ4v) is 2.92. The van der Waals surface area contributed by atoms with Gasteiger partial charge in [-0.3, -0.25) is 4.79 Å². The summed E-state index contributed by atoms with van der Waals surface area (Å²) in [4.78, 5) is 22.9. The smallest absolute Gasteiger partial charge is 0.335 e. The van der Waals surface area contributed by atoms with Crippen LogP contribution in [0.3, 0.4) is 0 Å². The van der Waals surface area contributed by atoms with E-state index >= 15 is 0 Å². The molecule has 1 aliphatic carbocycles. The Bertz CT molecular complexity index is 534. The molecule has 1 saturated carbocycles. The average molecular weight is 319 g/mol. The maximum Gasteiger partial charge on any atom is 0.335 e. The van der Waals surface area contributed by atoms with Crippen LogP contribution in [0.5, 0.6) is 0 Å². The predicted octanol–water partition coefficient (Wildman–Crippen LogP) is 2.64. The van der Waals surface area contributed by atoms with E-state index in [0.717, 1.165) is 38.0 Å². The lowest BCUT2D eigenvalue weighted by atomic mass is 9.66. The molecule has 0 aliphatic heterocycles. The van der Waals surface area contributed by atoms with E-state index in [1.807, 2.05) is 6.92 Å². The predicted molar refractivity (Wildman–Crippen MR) is 87.5 cm³/mol. The van der Waals surface area contributed by atoms with Gasteiger partial charge in [0.25, 0.3) is 0 Å². The van der Waals surface area contributed by atoms with Crippen LogP contribution in [0.2, 0.25) is 0 Å². The van der Waals surface area contributed by atoms with Crippen molar-refractivity contribution in [1.82, 2.24) is 5.32 Å². The SMILES string of the molecule is CCOCCC1(CNC(=O)Cc2ccc(C(=O)O)cc2)CCC1. The first-order chi connectivity index (χ1) is 11.0. The molecule has 0 saturated heterocycles. The second-order valence-electron chi connectivity index (χ2n) is 6.26. The minimum Gasteiger partial charge on any atom is -0.478 e. The van der Waals surface area contributed by atoms with Crippen molar-refractivity contribution in [3.63, 3.8) is 0 Å². The summed E-state index contributed by atoms with van der Waals surface area (Å²) in [6, 6.07) is 6.44. The number of carboxylic acid groups (broad SMARTS) is 1. The normalized spacial score (nSPS) is 15.7. The van der Waals surface area contributed by atoms with E-state index in [4.69, 9.17) is 9.84 Å². The molecule has 1 aliphatic rings. The Morgan fingerprint density at radius 1 is 1.26 bits per heavy atom. The number of rotatable bonds is 9. The van der Waals surface area contributed by atoms with Gasteiger partial charge in [0.1, 0.15) is 0 Å². The number of ether oxygens (including phenoxy) is 1. The van der Waals surface area contributed by atoms with Crippen molar-refractivity contribution in [3.8, 4) is 0 Å². The molecule has 5 nitrogen and oxygen atoms in total. The van der Waals surface area contributed by atoms with Gasteiger partial charge in [-0.15, -0.1) is 0 Å². The van der Waals surface area contributed by atoms with Crippen molar-refractivity contribution in [3.05, 3.63) is 35.4 Å². The molecule has 0 spiro atoms. The van der Waals surface area contributed by atoms with E-state index in [-0.39, 0.29) is 23.3 Å². The zero-order valence-corrected chi connectivity index (χ0v) is 13.6. The van der Waals surface area contributed by atoms with Gasteiger partial charge >= 0.3 is 5.97 Å². The number of carboxylic acids is 1. The second kappa shape index (κ2) is 8.11. The highest BCUT2D eigenvalue weighted by Gasteiger charge is 2.36. The Morgan fingerprint density at radius 3 is 2.48 bits per heavy atom. The average Bonchev–Trinajstić information content (AvgIpc) is 2.49.